The van der Waals surface area contributed by atoms with Crippen LogP contribution in [0, 0.1) is 0 Å². The average molecular weight is 786 g/mol. The molecule has 59 heavy (non-hydrogen) atoms. The fourth-order valence-electron chi connectivity index (χ4n) is 9.11. The molecule has 1 nitrogen and oxygen atoms in total. The fraction of sp³-hybridized carbons (Fsp3) is 0. The Morgan fingerprint density at radius 1 is 0.288 bits per heavy atom. The molecule has 0 unspecified atom stereocenters. The van der Waals surface area contributed by atoms with Crippen molar-refractivity contribution in [1.29, 1.82) is 0 Å². The van der Waals surface area contributed by atoms with Gasteiger partial charge in [0.25, 0.3) is 0 Å². The predicted octanol–water partition coefficient (Wildman–Crippen LogP) is 17.2. The Morgan fingerprint density at radius 2 is 0.780 bits per heavy atom. The number of nitrogens with zero attached hydrogens (tertiary/aromatic N) is 1. The van der Waals surface area contributed by atoms with Crippen molar-refractivity contribution in [2.75, 3.05) is 4.90 Å². The van der Waals surface area contributed by atoms with Crippen LogP contribution in [0.5, 0.6) is 0 Å². The van der Waals surface area contributed by atoms with E-state index in [1.807, 2.05) is 22.7 Å². The molecule has 0 fully saturated rings. The van der Waals surface area contributed by atoms with Crippen LogP contribution in [0.3, 0.4) is 0 Å². The predicted molar refractivity (Wildman–Crippen MR) is 258 cm³/mol. The highest BCUT2D eigenvalue weighted by atomic mass is 32.1. The van der Waals surface area contributed by atoms with Gasteiger partial charge in [0.15, 0.2) is 0 Å². The number of hydrogen-bond donors (Lipinski definition) is 0. The van der Waals surface area contributed by atoms with Gasteiger partial charge in [-0.3, -0.25) is 0 Å². The van der Waals surface area contributed by atoms with Crippen molar-refractivity contribution in [2.45, 2.75) is 0 Å². The van der Waals surface area contributed by atoms with Crippen LogP contribution in [-0.4, -0.2) is 0 Å². The van der Waals surface area contributed by atoms with Crippen LogP contribution in [0.15, 0.2) is 212 Å². The first-order valence-electron chi connectivity index (χ1n) is 20.1. The first kappa shape index (κ1) is 34.0. The Hall–Kier alpha value is -7.04. The van der Waals surface area contributed by atoms with Crippen molar-refractivity contribution in [3.63, 3.8) is 0 Å². The Kier molecular flexibility index (Phi) is 7.97. The van der Waals surface area contributed by atoms with Gasteiger partial charge in [-0.25, -0.2) is 0 Å². The SMILES string of the molecule is c1ccc(-c2ccc(-c3c(N(c4ccc(-c5ccc6c(c5)sc5ccccc56)cc4)c4cccc5c4sc4ccccc45)c4ccccc4c4ccccc34)cc2)cc1. The standard InChI is InChI=1S/C56H35NS2/c1-2-13-36(14-3-1)37-25-27-39(28-26-37)54-47-19-6-4-15-42(47)43-16-5-7-20-48(43)55(54)57(50-22-12-21-49-45-18-9-11-24-52(45)59-56(49)50)41-32-29-38(30-33-41)40-31-34-46-44-17-8-10-23-51(44)58-53(46)35-40/h1-35H. The normalized spacial score (nSPS) is 11.7. The third kappa shape index (κ3) is 5.58. The van der Waals surface area contributed by atoms with Crippen molar-refractivity contribution < 1.29 is 0 Å². The molecule has 12 aromatic rings. The van der Waals surface area contributed by atoms with E-state index in [0.29, 0.717) is 0 Å². The lowest BCUT2D eigenvalue weighted by molar-refractivity contribution is 1.32. The lowest BCUT2D eigenvalue weighted by Crippen LogP contribution is -2.12. The molecule has 0 aliphatic heterocycles. The van der Waals surface area contributed by atoms with E-state index < -0.39 is 0 Å². The van der Waals surface area contributed by atoms with E-state index in [-0.39, 0.29) is 0 Å². The van der Waals surface area contributed by atoms with Crippen LogP contribution < -0.4 is 4.90 Å². The van der Waals surface area contributed by atoms with Gasteiger partial charge in [0, 0.05) is 52.3 Å². The molecule has 0 spiro atoms. The molecule has 0 N–H and O–H groups in total. The molecule has 0 atom stereocenters. The molecule has 0 radical (unpaired) electrons. The summed E-state index contributed by atoms with van der Waals surface area (Å²) < 4.78 is 5.21. The molecule has 10 aromatic carbocycles. The summed E-state index contributed by atoms with van der Waals surface area (Å²) in [7, 11) is 0. The summed E-state index contributed by atoms with van der Waals surface area (Å²) in [5.41, 5.74) is 10.7. The third-order valence-corrected chi connectivity index (χ3v) is 14.2. The number of rotatable bonds is 6. The fourth-order valence-corrected chi connectivity index (χ4v) is 11.5. The minimum atomic E-state index is 1.12. The lowest BCUT2D eigenvalue weighted by atomic mass is 9.89. The number of anilines is 3. The van der Waals surface area contributed by atoms with E-state index in [1.54, 1.807) is 0 Å². The Bertz CT molecular complexity index is 3540. The summed E-state index contributed by atoms with van der Waals surface area (Å²) >= 11 is 3.75. The van der Waals surface area contributed by atoms with Crippen LogP contribution in [0.25, 0.3) is 95.3 Å². The molecule has 2 aromatic heterocycles. The molecular formula is C56H35NS2. The van der Waals surface area contributed by atoms with Gasteiger partial charge in [-0.1, -0.05) is 176 Å². The zero-order chi connectivity index (χ0) is 38.9. The van der Waals surface area contributed by atoms with Gasteiger partial charge in [0.1, 0.15) is 0 Å². The van der Waals surface area contributed by atoms with Gasteiger partial charge in [-0.2, -0.15) is 0 Å². The Balaban J connectivity index is 1.12. The Labute approximate surface area is 350 Å². The molecule has 276 valence electrons. The van der Waals surface area contributed by atoms with Gasteiger partial charge in [0.05, 0.1) is 16.1 Å². The van der Waals surface area contributed by atoms with Crippen molar-refractivity contribution in [1.82, 2.24) is 0 Å². The summed E-state index contributed by atoms with van der Waals surface area (Å²) in [6.45, 7) is 0. The molecular weight excluding hydrogens is 751 g/mol. The summed E-state index contributed by atoms with van der Waals surface area (Å²) in [5, 5.41) is 10.2. The zero-order valence-corrected chi connectivity index (χ0v) is 33.6. The second kappa shape index (κ2) is 13.8. The lowest BCUT2D eigenvalue weighted by Gasteiger charge is -2.31. The molecule has 0 bridgehead atoms. The summed E-state index contributed by atoms with van der Waals surface area (Å²) in [4.78, 5) is 2.55. The molecule has 0 aliphatic rings. The maximum Gasteiger partial charge on any atom is 0.0640 e. The minimum absolute atomic E-state index is 1.12. The molecule has 0 saturated carbocycles. The first-order valence-corrected chi connectivity index (χ1v) is 21.7. The number of hydrogen-bond acceptors (Lipinski definition) is 3. The molecule has 3 heteroatoms. The third-order valence-electron chi connectivity index (χ3n) is 11.9. The minimum Gasteiger partial charge on any atom is -0.308 e. The van der Waals surface area contributed by atoms with Crippen molar-refractivity contribution in [2.24, 2.45) is 0 Å². The van der Waals surface area contributed by atoms with Gasteiger partial charge < -0.3 is 4.90 Å². The largest absolute Gasteiger partial charge is 0.308 e. The number of fused-ring (bicyclic) bond motifs is 9. The van der Waals surface area contributed by atoms with Crippen LogP contribution in [0.4, 0.5) is 17.1 Å². The molecule has 0 aliphatic carbocycles. The van der Waals surface area contributed by atoms with E-state index in [0.717, 1.165) is 5.69 Å². The summed E-state index contributed by atoms with van der Waals surface area (Å²) in [5.74, 6) is 0. The van der Waals surface area contributed by atoms with Crippen LogP contribution in [-0.2, 0) is 0 Å². The number of thiophene rings is 2. The quantitative estimate of drug-likeness (QED) is 0.152. The second-order valence-corrected chi connectivity index (χ2v) is 17.3. The average Bonchev–Trinajstić information content (AvgIpc) is 3.88. The zero-order valence-electron chi connectivity index (χ0n) is 32.0. The van der Waals surface area contributed by atoms with E-state index in [4.69, 9.17) is 0 Å². The van der Waals surface area contributed by atoms with E-state index in [9.17, 15) is 0 Å². The van der Waals surface area contributed by atoms with Crippen LogP contribution in [0.1, 0.15) is 0 Å². The Morgan fingerprint density at radius 3 is 1.53 bits per heavy atom. The van der Waals surface area contributed by atoms with Crippen LogP contribution >= 0.6 is 22.7 Å². The molecule has 0 saturated heterocycles. The first-order chi connectivity index (χ1) is 29.3. The van der Waals surface area contributed by atoms with Gasteiger partial charge in [-0.15, -0.1) is 22.7 Å². The second-order valence-electron chi connectivity index (χ2n) is 15.2. The summed E-state index contributed by atoms with van der Waals surface area (Å²) in [6, 6.07) is 78.3. The smallest absolute Gasteiger partial charge is 0.0640 e. The highest BCUT2D eigenvalue weighted by Crippen LogP contribution is 2.52. The molecule has 2 heterocycles. The maximum absolute atomic E-state index is 2.55. The van der Waals surface area contributed by atoms with E-state index in [2.05, 4.69) is 217 Å². The maximum atomic E-state index is 2.55. The van der Waals surface area contributed by atoms with E-state index in [1.165, 1.54) is 107 Å². The van der Waals surface area contributed by atoms with Crippen molar-refractivity contribution >= 4 is 102 Å². The van der Waals surface area contributed by atoms with Crippen molar-refractivity contribution in [3.8, 4) is 33.4 Å². The highest BCUT2D eigenvalue weighted by molar-refractivity contribution is 7.26. The van der Waals surface area contributed by atoms with E-state index >= 15 is 0 Å². The van der Waals surface area contributed by atoms with Gasteiger partial charge >= 0.3 is 0 Å². The van der Waals surface area contributed by atoms with Gasteiger partial charge in [-0.05, 0) is 80.4 Å². The van der Waals surface area contributed by atoms with Crippen molar-refractivity contribution in [3.05, 3.63) is 212 Å². The molecule has 0 amide bonds. The summed E-state index contributed by atoms with van der Waals surface area (Å²) in [6.07, 6.45) is 0. The number of benzene rings is 10. The topological polar surface area (TPSA) is 3.24 Å². The van der Waals surface area contributed by atoms with Gasteiger partial charge in [0.2, 0.25) is 0 Å². The monoisotopic (exact) mass is 785 g/mol. The highest BCUT2D eigenvalue weighted by Gasteiger charge is 2.26. The molecule has 12 rings (SSSR count). The van der Waals surface area contributed by atoms with Crippen LogP contribution in [0.2, 0.25) is 0 Å².